The van der Waals surface area contributed by atoms with E-state index in [4.69, 9.17) is 5.73 Å². The highest BCUT2D eigenvalue weighted by molar-refractivity contribution is 5.89. The van der Waals surface area contributed by atoms with Crippen LogP contribution in [0.2, 0.25) is 0 Å². The van der Waals surface area contributed by atoms with Gasteiger partial charge in [0.05, 0.1) is 17.1 Å². The largest absolute Gasteiger partial charge is 0.416 e. The molecular weight excluding hydrogens is 341 g/mol. The molecule has 0 amide bonds. The lowest BCUT2D eigenvalue weighted by Crippen LogP contribution is -2.16. The summed E-state index contributed by atoms with van der Waals surface area (Å²) in [5.74, 6) is 1.06. The Balaban J connectivity index is 2.01. The van der Waals surface area contributed by atoms with Gasteiger partial charge in [0.25, 0.3) is 0 Å². The third-order valence-corrected chi connectivity index (χ3v) is 4.10. The smallest absolute Gasteiger partial charge is 0.363 e. The minimum Gasteiger partial charge on any atom is -0.363 e. The van der Waals surface area contributed by atoms with Crippen molar-refractivity contribution in [3.8, 4) is 0 Å². The molecule has 0 saturated carbocycles. The van der Waals surface area contributed by atoms with Crippen LogP contribution in [0.15, 0.2) is 48.5 Å². The van der Waals surface area contributed by atoms with Crippen LogP contribution in [0, 0.1) is 0 Å². The number of benzene rings is 2. The number of hydrogen-bond donors (Lipinski definition) is 2. The van der Waals surface area contributed by atoms with Gasteiger partial charge in [0.1, 0.15) is 11.6 Å². The van der Waals surface area contributed by atoms with Crippen LogP contribution in [0.5, 0.6) is 0 Å². The molecule has 0 radical (unpaired) electrons. The highest BCUT2D eigenvalue weighted by atomic mass is 19.4. The van der Waals surface area contributed by atoms with Gasteiger partial charge in [-0.1, -0.05) is 30.3 Å². The summed E-state index contributed by atoms with van der Waals surface area (Å²) in [4.78, 5) is 8.92. The zero-order valence-corrected chi connectivity index (χ0v) is 14.2. The van der Waals surface area contributed by atoms with E-state index in [1.807, 2.05) is 24.3 Å². The Morgan fingerprint density at radius 2 is 1.73 bits per heavy atom. The molecule has 26 heavy (non-hydrogen) atoms. The van der Waals surface area contributed by atoms with E-state index < -0.39 is 17.8 Å². The van der Waals surface area contributed by atoms with E-state index in [-0.39, 0.29) is 5.56 Å². The van der Waals surface area contributed by atoms with E-state index in [1.54, 1.807) is 13.0 Å². The molecule has 0 fully saturated rings. The Hall–Kier alpha value is -2.67. The molecule has 3 aromatic rings. The molecule has 0 saturated heterocycles. The summed E-state index contributed by atoms with van der Waals surface area (Å²) in [5.41, 5.74) is 5.83. The van der Waals surface area contributed by atoms with Crippen molar-refractivity contribution in [3.63, 3.8) is 0 Å². The first-order valence-corrected chi connectivity index (χ1v) is 8.28. The van der Waals surface area contributed by atoms with Crippen LogP contribution in [-0.4, -0.2) is 16.5 Å². The number of nitrogens with one attached hydrogen (secondary N) is 1. The zero-order chi connectivity index (χ0) is 18.7. The lowest BCUT2D eigenvalue weighted by molar-refractivity contribution is -0.138. The third-order valence-electron chi connectivity index (χ3n) is 4.10. The van der Waals surface area contributed by atoms with Crippen molar-refractivity contribution in [1.82, 2.24) is 9.97 Å². The van der Waals surface area contributed by atoms with Crippen LogP contribution in [-0.2, 0) is 12.6 Å². The maximum absolute atomic E-state index is 13.3. The highest BCUT2D eigenvalue weighted by Crippen LogP contribution is 2.35. The number of halogens is 3. The summed E-state index contributed by atoms with van der Waals surface area (Å²) in [5, 5.41) is 3.87. The van der Waals surface area contributed by atoms with Gasteiger partial charge in [0.15, 0.2) is 0 Å². The summed E-state index contributed by atoms with van der Waals surface area (Å²) >= 11 is 0. The predicted molar refractivity (Wildman–Crippen MR) is 95.8 cm³/mol. The molecule has 0 aliphatic heterocycles. The molecule has 136 valence electrons. The number of nitrogens with zero attached hydrogens (tertiary/aromatic N) is 2. The van der Waals surface area contributed by atoms with Crippen molar-refractivity contribution in [1.29, 1.82) is 0 Å². The van der Waals surface area contributed by atoms with Crippen LogP contribution in [0.1, 0.15) is 29.9 Å². The van der Waals surface area contributed by atoms with E-state index in [2.05, 4.69) is 15.3 Å². The second-order valence-electron chi connectivity index (χ2n) is 6.00. The Morgan fingerprint density at radius 1 is 1.04 bits per heavy atom. The van der Waals surface area contributed by atoms with E-state index in [1.165, 1.54) is 12.1 Å². The third kappa shape index (κ3) is 3.77. The summed E-state index contributed by atoms with van der Waals surface area (Å²) < 4.78 is 39.9. The topological polar surface area (TPSA) is 63.8 Å². The Kier molecular flexibility index (Phi) is 5.08. The molecule has 3 N–H and O–H groups in total. The molecule has 3 rings (SSSR count). The molecular formula is C19H19F3N4. The number of rotatable bonds is 5. The normalized spacial score (nSPS) is 13.0. The summed E-state index contributed by atoms with van der Waals surface area (Å²) in [6, 6.07) is 12.3. The maximum Gasteiger partial charge on any atom is 0.416 e. The monoisotopic (exact) mass is 360 g/mol. The molecule has 0 unspecified atom stereocenters. The standard InChI is InChI=1S/C19H19F3N4/c1-12(13-6-2-4-8-15(13)19(20,21)22)24-18-14-7-3-5-9-16(14)25-17(26-18)10-11-23/h2-9,12H,10-11,23H2,1H3,(H,24,25,26)/t12-/m0/s1. The van der Waals surface area contributed by atoms with Gasteiger partial charge in [-0.15, -0.1) is 0 Å². The van der Waals surface area contributed by atoms with E-state index in [0.717, 1.165) is 17.0 Å². The number of hydrogen-bond acceptors (Lipinski definition) is 4. The van der Waals surface area contributed by atoms with Gasteiger partial charge >= 0.3 is 6.18 Å². The fourth-order valence-corrected chi connectivity index (χ4v) is 2.89. The second-order valence-corrected chi connectivity index (χ2v) is 6.00. The average Bonchev–Trinajstić information content (AvgIpc) is 2.61. The molecule has 2 aromatic carbocycles. The SMILES string of the molecule is C[C@H](Nc1nc(CCN)nc2ccccc12)c1ccccc1C(F)(F)F. The van der Waals surface area contributed by atoms with Crippen molar-refractivity contribution in [2.24, 2.45) is 5.73 Å². The van der Waals surface area contributed by atoms with Crippen molar-refractivity contribution in [2.75, 3.05) is 11.9 Å². The molecule has 0 spiro atoms. The fourth-order valence-electron chi connectivity index (χ4n) is 2.89. The molecule has 0 bridgehead atoms. The summed E-state index contributed by atoms with van der Waals surface area (Å²) in [6.45, 7) is 2.08. The number of aromatic nitrogens is 2. The Bertz CT molecular complexity index is 909. The Labute approximate surface area is 149 Å². The predicted octanol–water partition coefficient (Wildman–Crippen LogP) is 4.32. The first-order valence-electron chi connectivity index (χ1n) is 8.28. The van der Waals surface area contributed by atoms with Crippen molar-refractivity contribution in [3.05, 3.63) is 65.5 Å². The van der Waals surface area contributed by atoms with E-state index >= 15 is 0 Å². The molecule has 7 heteroatoms. The van der Waals surface area contributed by atoms with Gasteiger partial charge in [-0.25, -0.2) is 9.97 Å². The summed E-state index contributed by atoms with van der Waals surface area (Å²) in [7, 11) is 0. The zero-order valence-electron chi connectivity index (χ0n) is 14.2. The number of nitrogens with two attached hydrogens (primary N) is 1. The molecule has 0 aliphatic rings. The fraction of sp³-hybridized carbons (Fsp3) is 0.263. The van der Waals surface area contributed by atoms with E-state index in [9.17, 15) is 13.2 Å². The first kappa shape index (κ1) is 18.1. The number of alkyl halides is 3. The minimum atomic E-state index is -4.41. The van der Waals surface area contributed by atoms with Gasteiger partial charge in [0.2, 0.25) is 0 Å². The molecule has 1 heterocycles. The van der Waals surface area contributed by atoms with Crippen molar-refractivity contribution in [2.45, 2.75) is 25.6 Å². The van der Waals surface area contributed by atoms with Crippen LogP contribution in [0.3, 0.4) is 0 Å². The molecule has 4 nitrogen and oxygen atoms in total. The summed E-state index contributed by atoms with van der Waals surface area (Å²) in [6.07, 6.45) is -3.92. The van der Waals surface area contributed by atoms with Crippen molar-refractivity contribution < 1.29 is 13.2 Å². The number of para-hydroxylation sites is 1. The molecule has 1 aromatic heterocycles. The van der Waals surface area contributed by atoms with Gasteiger partial charge in [-0.05, 0) is 37.2 Å². The number of anilines is 1. The molecule has 1 atom stereocenters. The lowest BCUT2D eigenvalue weighted by atomic mass is 10.0. The van der Waals surface area contributed by atoms with Crippen LogP contribution < -0.4 is 11.1 Å². The first-order chi connectivity index (χ1) is 12.4. The van der Waals surface area contributed by atoms with Gasteiger partial charge < -0.3 is 11.1 Å². The molecule has 0 aliphatic carbocycles. The van der Waals surface area contributed by atoms with Crippen LogP contribution in [0.4, 0.5) is 19.0 Å². The Morgan fingerprint density at radius 3 is 2.46 bits per heavy atom. The van der Waals surface area contributed by atoms with Crippen molar-refractivity contribution >= 4 is 16.7 Å². The quantitative estimate of drug-likeness (QED) is 0.711. The van der Waals surface area contributed by atoms with E-state index in [0.29, 0.717) is 24.6 Å². The minimum absolute atomic E-state index is 0.170. The van der Waals surface area contributed by atoms with Gasteiger partial charge in [0, 0.05) is 11.8 Å². The average molecular weight is 360 g/mol. The maximum atomic E-state index is 13.3. The van der Waals surface area contributed by atoms with Gasteiger partial charge in [-0.3, -0.25) is 0 Å². The second kappa shape index (κ2) is 7.29. The van der Waals surface area contributed by atoms with Gasteiger partial charge in [-0.2, -0.15) is 13.2 Å². The van der Waals surface area contributed by atoms with Crippen LogP contribution in [0.25, 0.3) is 10.9 Å². The number of fused-ring (bicyclic) bond motifs is 1. The lowest BCUT2D eigenvalue weighted by Gasteiger charge is -2.21. The highest BCUT2D eigenvalue weighted by Gasteiger charge is 2.34. The van der Waals surface area contributed by atoms with Crippen LogP contribution >= 0.6 is 0 Å².